The average Bonchev–Trinajstić information content (AvgIpc) is 2.66. The molecule has 0 aliphatic heterocycles. The van der Waals surface area contributed by atoms with Gasteiger partial charge in [-0.1, -0.05) is 30.7 Å². The van der Waals surface area contributed by atoms with Crippen molar-refractivity contribution in [3.05, 3.63) is 54.1 Å². The highest BCUT2D eigenvalue weighted by Crippen LogP contribution is 2.23. The Hall–Kier alpha value is -3.02. The topological polar surface area (TPSA) is 79.5 Å². The zero-order chi connectivity index (χ0) is 19.1. The van der Waals surface area contributed by atoms with Crippen molar-refractivity contribution in [3.8, 4) is 0 Å². The highest BCUT2D eigenvalue weighted by Gasteiger charge is 2.18. The number of ether oxygens (including phenoxy) is 1. The summed E-state index contributed by atoms with van der Waals surface area (Å²) >= 11 is 0. The van der Waals surface area contributed by atoms with Crippen LogP contribution in [0.1, 0.15) is 37.7 Å². The summed E-state index contributed by atoms with van der Waals surface area (Å²) in [7, 11) is 0. The average molecular weight is 367 g/mol. The lowest BCUT2D eigenvalue weighted by Crippen LogP contribution is -2.24. The maximum Gasteiger partial charge on any atom is 0.411 e. The van der Waals surface area contributed by atoms with Crippen LogP contribution in [-0.4, -0.2) is 18.2 Å². The van der Waals surface area contributed by atoms with E-state index in [0.29, 0.717) is 17.1 Å². The van der Waals surface area contributed by atoms with Crippen molar-refractivity contribution >= 4 is 29.2 Å². The van der Waals surface area contributed by atoms with Gasteiger partial charge in [-0.3, -0.25) is 5.32 Å². The van der Waals surface area contributed by atoms with Crippen molar-refractivity contribution in [3.63, 3.8) is 0 Å². The molecule has 3 N–H and O–H groups in total. The molecule has 1 aliphatic carbocycles. The molecule has 3 amide bonds. The molecule has 0 unspecified atom stereocenters. The van der Waals surface area contributed by atoms with Crippen LogP contribution in [0.4, 0.5) is 26.7 Å². The molecule has 0 saturated heterocycles. The second-order valence-electron chi connectivity index (χ2n) is 6.77. The fourth-order valence-corrected chi connectivity index (χ4v) is 3.12. The summed E-state index contributed by atoms with van der Waals surface area (Å²) in [5, 5.41) is 8.33. The van der Waals surface area contributed by atoms with Crippen LogP contribution in [0, 0.1) is 6.92 Å². The third kappa shape index (κ3) is 5.74. The van der Waals surface area contributed by atoms with Crippen LogP contribution in [-0.2, 0) is 4.74 Å². The molecule has 6 nitrogen and oxygen atoms in total. The first-order valence-corrected chi connectivity index (χ1v) is 9.31. The van der Waals surface area contributed by atoms with Crippen molar-refractivity contribution in [1.29, 1.82) is 0 Å². The van der Waals surface area contributed by atoms with Gasteiger partial charge in [-0.2, -0.15) is 0 Å². The van der Waals surface area contributed by atoms with E-state index in [9.17, 15) is 9.59 Å². The van der Waals surface area contributed by atoms with E-state index in [4.69, 9.17) is 4.74 Å². The van der Waals surface area contributed by atoms with E-state index in [-0.39, 0.29) is 12.1 Å². The molecule has 0 atom stereocenters. The van der Waals surface area contributed by atoms with E-state index in [0.717, 1.165) is 31.2 Å². The van der Waals surface area contributed by atoms with Crippen molar-refractivity contribution in [2.45, 2.75) is 45.1 Å². The molecular formula is C21H25N3O3. The Bertz CT molecular complexity index is 787. The zero-order valence-corrected chi connectivity index (χ0v) is 15.5. The van der Waals surface area contributed by atoms with Gasteiger partial charge in [0.25, 0.3) is 0 Å². The van der Waals surface area contributed by atoms with Crippen molar-refractivity contribution < 1.29 is 14.3 Å². The fourth-order valence-electron chi connectivity index (χ4n) is 3.12. The van der Waals surface area contributed by atoms with Crippen LogP contribution in [0.2, 0.25) is 0 Å². The molecule has 0 radical (unpaired) electrons. The highest BCUT2D eigenvalue weighted by molar-refractivity contribution is 6.00. The normalized spacial score (nSPS) is 14.3. The van der Waals surface area contributed by atoms with Crippen molar-refractivity contribution in [2.75, 3.05) is 16.0 Å². The summed E-state index contributed by atoms with van der Waals surface area (Å²) < 4.78 is 5.48. The summed E-state index contributed by atoms with van der Waals surface area (Å²) in [5.74, 6) is 0. The maximum absolute atomic E-state index is 12.2. The van der Waals surface area contributed by atoms with Gasteiger partial charge < -0.3 is 15.4 Å². The number of carbonyl (C=O) groups is 2. The SMILES string of the molecule is Cc1ccc(NC(=O)OC2CCCCC2)cc1NC(=O)Nc1ccccc1. The number of hydrogen-bond acceptors (Lipinski definition) is 3. The molecule has 0 spiro atoms. The second-order valence-corrected chi connectivity index (χ2v) is 6.77. The molecule has 2 aromatic rings. The number of urea groups is 1. The van der Waals surface area contributed by atoms with Gasteiger partial charge in [0.05, 0.1) is 0 Å². The summed E-state index contributed by atoms with van der Waals surface area (Å²) in [6.07, 6.45) is 4.81. The Morgan fingerprint density at radius 2 is 1.63 bits per heavy atom. The predicted octanol–water partition coefficient (Wildman–Crippen LogP) is 5.52. The van der Waals surface area contributed by atoms with E-state index >= 15 is 0 Å². The molecule has 1 fully saturated rings. The molecule has 6 heteroatoms. The van der Waals surface area contributed by atoms with Crippen LogP contribution in [0.25, 0.3) is 0 Å². The summed E-state index contributed by atoms with van der Waals surface area (Å²) in [4.78, 5) is 24.3. The van der Waals surface area contributed by atoms with Crippen molar-refractivity contribution in [2.24, 2.45) is 0 Å². The third-order valence-electron chi connectivity index (χ3n) is 4.59. The Kier molecular flexibility index (Phi) is 6.30. The number of hydrogen-bond donors (Lipinski definition) is 3. The van der Waals surface area contributed by atoms with E-state index in [1.807, 2.05) is 43.3 Å². The number of nitrogens with one attached hydrogen (secondary N) is 3. The molecule has 3 rings (SSSR count). The van der Waals surface area contributed by atoms with Crippen LogP contribution >= 0.6 is 0 Å². The predicted molar refractivity (Wildman–Crippen MR) is 107 cm³/mol. The van der Waals surface area contributed by atoms with Gasteiger partial charge in [-0.25, -0.2) is 9.59 Å². The van der Waals surface area contributed by atoms with Gasteiger partial charge in [0.2, 0.25) is 0 Å². The van der Waals surface area contributed by atoms with E-state index < -0.39 is 6.09 Å². The minimum Gasteiger partial charge on any atom is -0.446 e. The molecule has 0 bridgehead atoms. The van der Waals surface area contributed by atoms with E-state index in [1.54, 1.807) is 12.1 Å². The molecule has 27 heavy (non-hydrogen) atoms. The number of rotatable bonds is 4. The van der Waals surface area contributed by atoms with Crippen LogP contribution < -0.4 is 16.0 Å². The lowest BCUT2D eigenvalue weighted by molar-refractivity contribution is 0.0865. The lowest BCUT2D eigenvalue weighted by atomic mass is 9.98. The Morgan fingerprint density at radius 1 is 0.889 bits per heavy atom. The second kappa shape index (κ2) is 9.07. The van der Waals surface area contributed by atoms with Crippen molar-refractivity contribution in [1.82, 2.24) is 0 Å². The van der Waals surface area contributed by atoms with Gasteiger partial charge in [-0.05, 0) is 62.4 Å². The molecule has 142 valence electrons. The molecule has 0 heterocycles. The molecule has 2 aromatic carbocycles. The van der Waals surface area contributed by atoms with E-state index in [2.05, 4.69) is 16.0 Å². The third-order valence-corrected chi connectivity index (χ3v) is 4.59. The number of para-hydroxylation sites is 1. The van der Waals surface area contributed by atoms with Gasteiger partial charge in [0.1, 0.15) is 6.10 Å². The summed E-state index contributed by atoms with van der Waals surface area (Å²) in [6.45, 7) is 1.89. The smallest absolute Gasteiger partial charge is 0.411 e. The van der Waals surface area contributed by atoms with Crippen LogP contribution in [0.15, 0.2) is 48.5 Å². The quantitative estimate of drug-likeness (QED) is 0.665. The van der Waals surface area contributed by atoms with Gasteiger partial charge in [0.15, 0.2) is 0 Å². The summed E-state index contributed by atoms with van der Waals surface area (Å²) in [5.41, 5.74) is 2.80. The van der Waals surface area contributed by atoms with Crippen LogP contribution in [0.3, 0.4) is 0 Å². The fraction of sp³-hybridized carbons (Fsp3) is 0.333. The summed E-state index contributed by atoms with van der Waals surface area (Å²) in [6, 6.07) is 14.2. The van der Waals surface area contributed by atoms with Gasteiger partial charge in [0, 0.05) is 17.1 Å². The first kappa shape index (κ1) is 18.8. The number of anilines is 3. The Balaban J connectivity index is 1.58. The largest absolute Gasteiger partial charge is 0.446 e. The molecule has 0 aromatic heterocycles. The number of amides is 3. The monoisotopic (exact) mass is 367 g/mol. The first-order chi connectivity index (χ1) is 13.1. The van der Waals surface area contributed by atoms with Crippen LogP contribution in [0.5, 0.6) is 0 Å². The number of carbonyl (C=O) groups excluding carboxylic acids is 2. The highest BCUT2D eigenvalue weighted by atomic mass is 16.6. The minimum absolute atomic E-state index is 0.00144. The standard InChI is InChI=1S/C21H25N3O3/c1-15-12-13-17(23-21(26)27-18-10-6-3-7-11-18)14-19(15)24-20(25)22-16-8-4-2-5-9-16/h2,4-5,8-9,12-14,18H,3,6-7,10-11H2,1H3,(H,23,26)(H2,22,24,25). The maximum atomic E-state index is 12.2. The first-order valence-electron chi connectivity index (χ1n) is 9.31. The Morgan fingerprint density at radius 3 is 2.37 bits per heavy atom. The molecule has 1 saturated carbocycles. The van der Waals surface area contributed by atoms with Gasteiger partial charge in [-0.15, -0.1) is 0 Å². The van der Waals surface area contributed by atoms with E-state index in [1.165, 1.54) is 6.42 Å². The lowest BCUT2D eigenvalue weighted by Gasteiger charge is -2.22. The van der Waals surface area contributed by atoms with Gasteiger partial charge >= 0.3 is 12.1 Å². The number of aryl methyl sites for hydroxylation is 1. The number of benzene rings is 2. The molecular weight excluding hydrogens is 342 g/mol. The molecule has 1 aliphatic rings. The Labute approximate surface area is 159 Å². The minimum atomic E-state index is -0.453. The zero-order valence-electron chi connectivity index (χ0n) is 15.5.